The van der Waals surface area contributed by atoms with Crippen LogP contribution in [0.2, 0.25) is 0 Å². The number of benzene rings is 1. The molecule has 1 aromatic carbocycles. The summed E-state index contributed by atoms with van der Waals surface area (Å²) in [6.07, 6.45) is 0. The third-order valence-corrected chi connectivity index (χ3v) is 4.64. The predicted molar refractivity (Wildman–Crippen MR) is 73.7 cm³/mol. The molecule has 0 aliphatic rings. The third-order valence-electron chi connectivity index (χ3n) is 2.86. The number of hydrogen-bond acceptors (Lipinski definition) is 3. The van der Waals surface area contributed by atoms with Crippen LogP contribution in [0.4, 0.5) is 0 Å². The van der Waals surface area contributed by atoms with Crippen molar-refractivity contribution in [1.29, 1.82) is 0 Å². The lowest BCUT2D eigenvalue weighted by Gasteiger charge is -2.14. The molecule has 0 aliphatic heterocycles. The van der Waals surface area contributed by atoms with Gasteiger partial charge in [0.25, 0.3) is 0 Å². The highest BCUT2D eigenvalue weighted by Gasteiger charge is 2.44. The van der Waals surface area contributed by atoms with Crippen molar-refractivity contribution in [3.05, 3.63) is 58.3 Å². The van der Waals surface area contributed by atoms with E-state index in [2.05, 4.69) is 0 Å². The molecular weight excluding hydrogens is 283 g/mol. The second-order valence-corrected chi connectivity index (χ2v) is 5.97. The van der Waals surface area contributed by atoms with Gasteiger partial charge in [-0.15, -0.1) is 0 Å². The van der Waals surface area contributed by atoms with Gasteiger partial charge >= 0.3 is 14.0 Å². The molecule has 3 atom stereocenters. The zero-order valence-corrected chi connectivity index (χ0v) is 11.6. The van der Waals surface area contributed by atoms with Crippen LogP contribution in [0.25, 0.3) is 0 Å². The first-order valence-corrected chi connectivity index (χ1v) is 7.78. The molecule has 2 aromatic rings. The first kappa shape index (κ1) is 13.9. The lowest BCUT2D eigenvalue weighted by molar-refractivity contribution is -0.138. The molecule has 0 fully saturated rings. The topological polar surface area (TPSA) is 74.6 Å². The molecule has 19 heavy (non-hydrogen) atoms. The minimum atomic E-state index is -2.63. The van der Waals surface area contributed by atoms with Crippen molar-refractivity contribution >= 4 is 25.3 Å². The molecule has 0 bridgehead atoms. The SMILES string of the molecule is O=C(O)C(c1ccccc1)C(c1ccsc1)[P+](=O)O. The lowest BCUT2D eigenvalue weighted by atomic mass is 9.92. The van der Waals surface area contributed by atoms with Gasteiger partial charge in [-0.1, -0.05) is 30.3 Å². The Hall–Kier alpha value is -1.55. The molecule has 2 N–H and O–H groups in total. The van der Waals surface area contributed by atoms with Crippen LogP contribution in [0.1, 0.15) is 22.7 Å². The first-order chi connectivity index (χ1) is 9.11. The summed E-state index contributed by atoms with van der Waals surface area (Å²) >= 11 is 1.38. The van der Waals surface area contributed by atoms with Gasteiger partial charge in [-0.3, -0.25) is 4.79 Å². The van der Waals surface area contributed by atoms with Crippen molar-refractivity contribution in [1.82, 2.24) is 0 Å². The molecule has 2 rings (SSSR count). The molecule has 6 heteroatoms. The molecule has 0 radical (unpaired) electrons. The van der Waals surface area contributed by atoms with E-state index in [1.54, 1.807) is 47.2 Å². The zero-order valence-electron chi connectivity index (χ0n) is 9.84. The number of hydrogen-bond donors (Lipinski definition) is 2. The highest BCUT2D eigenvalue weighted by Crippen LogP contribution is 2.48. The van der Waals surface area contributed by atoms with Crippen LogP contribution in [-0.4, -0.2) is 16.0 Å². The van der Waals surface area contributed by atoms with Crippen LogP contribution in [-0.2, 0) is 9.36 Å². The minimum Gasteiger partial charge on any atom is -0.481 e. The number of rotatable bonds is 5. The van der Waals surface area contributed by atoms with Crippen molar-refractivity contribution in [2.24, 2.45) is 0 Å². The Kier molecular flexibility index (Phi) is 4.43. The summed E-state index contributed by atoms with van der Waals surface area (Å²) in [4.78, 5) is 21.0. The normalized spacial score (nSPS) is 14.7. The quantitative estimate of drug-likeness (QED) is 0.829. The van der Waals surface area contributed by atoms with Crippen LogP contribution in [0.5, 0.6) is 0 Å². The molecule has 0 saturated heterocycles. The lowest BCUT2D eigenvalue weighted by Crippen LogP contribution is -2.18. The largest absolute Gasteiger partial charge is 0.514 e. The van der Waals surface area contributed by atoms with Gasteiger partial charge in [-0.2, -0.15) is 16.2 Å². The van der Waals surface area contributed by atoms with E-state index in [4.69, 9.17) is 0 Å². The number of carboxylic acids is 1. The maximum atomic E-state index is 11.6. The third kappa shape index (κ3) is 3.07. The summed E-state index contributed by atoms with van der Waals surface area (Å²) < 4.78 is 11.6. The summed E-state index contributed by atoms with van der Waals surface area (Å²) in [5, 5.41) is 12.9. The zero-order chi connectivity index (χ0) is 13.8. The second-order valence-electron chi connectivity index (χ2n) is 4.03. The van der Waals surface area contributed by atoms with Crippen molar-refractivity contribution in [2.45, 2.75) is 11.6 Å². The van der Waals surface area contributed by atoms with Crippen molar-refractivity contribution in [3.63, 3.8) is 0 Å². The first-order valence-electron chi connectivity index (χ1n) is 5.56. The molecular formula is C13H12O4PS+. The predicted octanol–water partition coefficient (Wildman–Crippen LogP) is 3.39. The molecule has 0 amide bonds. The van der Waals surface area contributed by atoms with E-state index < -0.39 is 25.6 Å². The van der Waals surface area contributed by atoms with Gasteiger partial charge in [0.05, 0.1) is 0 Å². The van der Waals surface area contributed by atoms with Gasteiger partial charge in [0.1, 0.15) is 5.92 Å². The van der Waals surface area contributed by atoms with E-state index in [-0.39, 0.29) is 0 Å². The average molecular weight is 295 g/mol. The standard InChI is InChI=1S/C13H11O4PS/c14-13(15)11(9-4-2-1-3-5-9)12(18(16)17)10-6-7-19-8-10/h1-8,11-12H,(H-,14,15,16,17)/p+1. The highest BCUT2D eigenvalue weighted by atomic mass is 32.1. The van der Waals surface area contributed by atoms with Crippen molar-refractivity contribution in [3.8, 4) is 0 Å². The summed E-state index contributed by atoms with van der Waals surface area (Å²) in [5.41, 5.74) is 0.189. The summed E-state index contributed by atoms with van der Waals surface area (Å²) in [6, 6.07) is 10.2. The van der Waals surface area contributed by atoms with E-state index in [9.17, 15) is 19.4 Å². The maximum absolute atomic E-state index is 11.6. The molecule has 3 unspecified atom stereocenters. The van der Waals surface area contributed by atoms with Crippen LogP contribution in [0.15, 0.2) is 47.2 Å². The summed E-state index contributed by atoms with van der Waals surface area (Å²) in [7, 11) is -2.63. The smallest absolute Gasteiger partial charge is 0.481 e. The van der Waals surface area contributed by atoms with Crippen LogP contribution < -0.4 is 0 Å². The molecule has 1 heterocycles. The van der Waals surface area contributed by atoms with E-state index in [0.29, 0.717) is 11.1 Å². The second kappa shape index (κ2) is 6.06. The Balaban J connectivity index is 2.48. The minimum absolute atomic E-state index is 0.531. The van der Waals surface area contributed by atoms with Gasteiger partial charge in [0.15, 0.2) is 0 Å². The van der Waals surface area contributed by atoms with E-state index in [1.165, 1.54) is 11.3 Å². The Morgan fingerprint density at radius 2 is 1.84 bits per heavy atom. The number of thiophene rings is 1. The number of carboxylic acid groups (broad SMARTS) is 1. The molecule has 0 spiro atoms. The Morgan fingerprint density at radius 3 is 2.32 bits per heavy atom. The molecule has 4 nitrogen and oxygen atoms in total. The van der Waals surface area contributed by atoms with Crippen molar-refractivity contribution < 1.29 is 19.4 Å². The van der Waals surface area contributed by atoms with Crippen molar-refractivity contribution in [2.75, 3.05) is 0 Å². The highest BCUT2D eigenvalue weighted by molar-refractivity contribution is 7.38. The Morgan fingerprint density at radius 1 is 1.16 bits per heavy atom. The van der Waals surface area contributed by atoms with E-state index >= 15 is 0 Å². The van der Waals surface area contributed by atoms with Gasteiger partial charge in [0.2, 0.25) is 5.66 Å². The molecule has 1 aromatic heterocycles. The van der Waals surface area contributed by atoms with Gasteiger partial charge in [-0.05, 0) is 27.0 Å². The van der Waals surface area contributed by atoms with Gasteiger partial charge < -0.3 is 5.11 Å². The fraction of sp³-hybridized carbons (Fsp3) is 0.154. The van der Waals surface area contributed by atoms with E-state index in [1.807, 2.05) is 0 Å². The molecule has 98 valence electrons. The van der Waals surface area contributed by atoms with Crippen LogP contribution in [0, 0.1) is 0 Å². The average Bonchev–Trinajstić information content (AvgIpc) is 2.89. The van der Waals surface area contributed by atoms with Crippen LogP contribution in [0.3, 0.4) is 0 Å². The maximum Gasteiger partial charge on any atom is 0.514 e. The summed E-state index contributed by atoms with van der Waals surface area (Å²) in [6.45, 7) is 0. The molecule has 0 aliphatic carbocycles. The molecule has 0 saturated carbocycles. The van der Waals surface area contributed by atoms with Gasteiger partial charge in [0, 0.05) is 5.56 Å². The number of carbonyl (C=O) groups is 1. The number of aliphatic carboxylic acids is 1. The fourth-order valence-corrected chi connectivity index (χ4v) is 3.78. The fourth-order valence-electron chi connectivity index (χ4n) is 2.01. The summed E-state index contributed by atoms with van der Waals surface area (Å²) in [5.74, 6) is -2.12. The van der Waals surface area contributed by atoms with Gasteiger partial charge in [-0.25, -0.2) is 0 Å². The Labute approximate surface area is 115 Å². The Bertz CT molecular complexity index is 568. The van der Waals surface area contributed by atoms with E-state index in [0.717, 1.165) is 0 Å². The monoisotopic (exact) mass is 295 g/mol. The van der Waals surface area contributed by atoms with Crippen LogP contribution >= 0.6 is 19.4 Å².